The van der Waals surface area contributed by atoms with E-state index in [0.29, 0.717) is 5.69 Å². The van der Waals surface area contributed by atoms with Crippen molar-refractivity contribution in [3.05, 3.63) is 35.1 Å². The molecule has 2 rings (SSSR count). The van der Waals surface area contributed by atoms with Crippen molar-refractivity contribution in [2.75, 3.05) is 12.8 Å². The van der Waals surface area contributed by atoms with Crippen LogP contribution in [0.2, 0.25) is 0 Å². The van der Waals surface area contributed by atoms with Crippen molar-refractivity contribution in [1.82, 2.24) is 9.78 Å². The Morgan fingerprint density at radius 3 is 2.80 bits per heavy atom. The SMILES string of the molecule is COc1cc(N)cc(-n2cc(Br)cn2)c1. The largest absolute Gasteiger partial charge is 0.497 e. The summed E-state index contributed by atoms with van der Waals surface area (Å²) in [5, 5.41) is 4.16. The van der Waals surface area contributed by atoms with Crippen LogP contribution in [0, 0.1) is 0 Å². The summed E-state index contributed by atoms with van der Waals surface area (Å²) in [6, 6.07) is 5.47. The van der Waals surface area contributed by atoms with Crippen LogP contribution in [0.25, 0.3) is 5.69 Å². The number of hydrogen-bond acceptors (Lipinski definition) is 3. The molecule has 0 bridgehead atoms. The zero-order chi connectivity index (χ0) is 10.8. The number of benzene rings is 1. The van der Waals surface area contributed by atoms with Gasteiger partial charge in [-0.3, -0.25) is 0 Å². The quantitative estimate of drug-likeness (QED) is 0.850. The van der Waals surface area contributed by atoms with E-state index in [1.54, 1.807) is 24.1 Å². The molecule has 1 aromatic heterocycles. The van der Waals surface area contributed by atoms with Gasteiger partial charge in [-0.15, -0.1) is 0 Å². The summed E-state index contributed by atoms with van der Waals surface area (Å²) in [7, 11) is 1.61. The highest BCUT2D eigenvalue weighted by Crippen LogP contribution is 2.21. The Balaban J connectivity index is 2.48. The van der Waals surface area contributed by atoms with Gasteiger partial charge in [0.05, 0.1) is 23.5 Å². The third kappa shape index (κ3) is 2.12. The van der Waals surface area contributed by atoms with Gasteiger partial charge >= 0.3 is 0 Å². The molecule has 1 heterocycles. The first-order valence-electron chi connectivity index (χ1n) is 4.34. The second kappa shape index (κ2) is 3.94. The van der Waals surface area contributed by atoms with Gasteiger partial charge in [0.2, 0.25) is 0 Å². The topological polar surface area (TPSA) is 53.1 Å². The van der Waals surface area contributed by atoms with Crippen LogP contribution in [0.1, 0.15) is 0 Å². The Kier molecular flexibility index (Phi) is 2.64. The van der Waals surface area contributed by atoms with Gasteiger partial charge in [-0.1, -0.05) is 0 Å². The molecule has 2 N–H and O–H groups in total. The molecule has 0 radical (unpaired) electrons. The van der Waals surface area contributed by atoms with Gasteiger partial charge in [0.15, 0.2) is 0 Å². The summed E-state index contributed by atoms with van der Waals surface area (Å²) in [6.07, 6.45) is 3.57. The number of ether oxygens (including phenoxy) is 1. The molecule has 78 valence electrons. The molecule has 5 heteroatoms. The number of nitrogens with two attached hydrogens (primary N) is 1. The summed E-state index contributed by atoms with van der Waals surface area (Å²) in [5.41, 5.74) is 7.27. The number of nitrogen functional groups attached to an aromatic ring is 1. The van der Waals surface area contributed by atoms with Gasteiger partial charge in [0.25, 0.3) is 0 Å². The highest BCUT2D eigenvalue weighted by molar-refractivity contribution is 9.10. The van der Waals surface area contributed by atoms with E-state index < -0.39 is 0 Å². The van der Waals surface area contributed by atoms with Crippen LogP contribution in [0.15, 0.2) is 35.1 Å². The molecule has 0 atom stereocenters. The first-order chi connectivity index (χ1) is 7.19. The van der Waals surface area contributed by atoms with E-state index in [1.165, 1.54) is 0 Å². The van der Waals surface area contributed by atoms with E-state index in [0.717, 1.165) is 15.9 Å². The number of nitrogens with zero attached hydrogens (tertiary/aromatic N) is 2. The summed E-state index contributed by atoms with van der Waals surface area (Å²) in [4.78, 5) is 0. The van der Waals surface area contributed by atoms with Crippen molar-refractivity contribution in [2.45, 2.75) is 0 Å². The summed E-state index contributed by atoms with van der Waals surface area (Å²) < 4.78 is 7.78. The number of hydrogen-bond donors (Lipinski definition) is 1. The van der Waals surface area contributed by atoms with Gasteiger partial charge in [0.1, 0.15) is 5.75 Å². The van der Waals surface area contributed by atoms with E-state index in [4.69, 9.17) is 10.5 Å². The van der Waals surface area contributed by atoms with Crippen LogP contribution >= 0.6 is 15.9 Å². The van der Waals surface area contributed by atoms with Crippen LogP contribution < -0.4 is 10.5 Å². The highest BCUT2D eigenvalue weighted by Gasteiger charge is 2.02. The van der Waals surface area contributed by atoms with Crippen LogP contribution in [0.5, 0.6) is 5.75 Å². The molecule has 1 aromatic carbocycles. The van der Waals surface area contributed by atoms with Crippen LogP contribution in [-0.2, 0) is 0 Å². The number of methoxy groups -OCH3 is 1. The van der Waals surface area contributed by atoms with E-state index >= 15 is 0 Å². The Morgan fingerprint density at radius 2 is 2.20 bits per heavy atom. The maximum atomic E-state index is 5.75. The van der Waals surface area contributed by atoms with Crippen LogP contribution in [-0.4, -0.2) is 16.9 Å². The van der Waals surface area contributed by atoms with Crippen molar-refractivity contribution in [1.29, 1.82) is 0 Å². The lowest BCUT2D eigenvalue weighted by Crippen LogP contribution is -1.97. The average Bonchev–Trinajstić information content (AvgIpc) is 2.64. The number of rotatable bonds is 2. The average molecular weight is 268 g/mol. The smallest absolute Gasteiger partial charge is 0.123 e. The third-order valence-electron chi connectivity index (χ3n) is 1.96. The van der Waals surface area contributed by atoms with E-state index in [2.05, 4.69) is 21.0 Å². The van der Waals surface area contributed by atoms with Crippen LogP contribution in [0.3, 0.4) is 0 Å². The second-order valence-electron chi connectivity index (χ2n) is 3.07. The Bertz CT molecular complexity index is 481. The maximum absolute atomic E-state index is 5.75. The lowest BCUT2D eigenvalue weighted by Gasteiger charge is -2.06. The lowest BCUT2D eigenvalue weighted by molar-refractivity contribution is 0.414. The van der Waals surface area contributed by atoms with Crippen molar-refractivity contribution in [2.24, 2.45) is 0 Å². The molecule has 0 aliphatic heterocycles. The fourth-order valence-corrected chi connectivity index (χ4v) is 1.58. The number of aromatic nitrogens is 2. The predicted molar refractivity (Wildman–Crippen MR) is 62.2 cm³/mol. The summed E-state index contributed by atoms with van der Waals surface area (Å²) in [6.45, 7) is 0. The summed E-state index contributed by atoms with van der Waals surface area (Å²) in [5.74, 6) is 0.719. The fourth-order valence-electron chi connectivity index (χ4n) is 1.30. The van der Waals surface area contributed by atoms with Gasteiger partial charge in [-0.25, -0.2) is 4.68 Å². The molecule has 15 heavy (non-hydrogen) atoms. The predicted octanol–water partition coefficient (Wildman–Crippen LogP) is 2.23. The van der Waals surface area contributed by atoms with Crippen molar-refractivity contribution < 1.29 is 4.74 Å². The standard InChI is InChI=1S/C10H10BrN3O/c1-15-10-3-8(12)2-9(4-10)14-6-7(11)5-13-14/h2-6H,12H2,1H3. The normalized spacial score (nSPS) is 10.3. The Morgan fingerprint density at radius 1 is 1.40 bits per heavy atom. The number of halogens is 1. The molecule has 4 nitrogen and oxygen atoms in total. The molecular formula is C10H10BrN3O. The zero-order valence-corrected chi connectivity index (χ0v) is 9.73. The lowest BCUT2D eigenvalue weighted by atomic mass is 10.2. The van der Waals surface area contributed by atoms with Gasteiger partial charge in [-0.05, 0) is 22.0 Å². The molecular weight excluding hydrogens is 258 g/mol. The molecule has 0 unspecified atom stereocenters. The minimum Gasteiger partial charge on any atom is -0.497 e. The maximum Gasteiger partial charge on any atom is 0.123 e. The zero-order valence-electron chi connectivity index (χ0n) is 8.14. The fraction of sp³-hybridized carbons (Fsp3) is 0.100. The van der Waals surface area contributed by atoms with Gasteiger partial charge in [0, 0.05) is 24.0 Å². The first kappa shape index (κ1) is 10.0. The second-order valence-corrected chi connectivity index (χ2v) is 3.98. The van der Waals surface area contributed by atoms with Crippen molar-refractivity contribution in [3.63, 3.8) is 0 Å². The molecule has 0 saturated carbocycles. The van der Waals surface area contributed by atoms with E-state index in [9.17, 15) is 0 Å². The molecule has 0 fully saturated rings. The monoisotopic (exact) mass is 267 g/mol. The molecule has 0 spiro atoms. The molecule has 2 aromatic rings. The van der Waals surface area contributed by atoms with Crippen molar-refractivity contribution in [3.8, 4) is 11.4 Å². The van der Waals surface area contributed by atoms with Gasteiger partial charge in [-0.2, -0.15) is 5.10 Å². The van der Waals surface area contributed by atoms with Crippen molar-refractivity contribution >= 4 is 21.6 Å². The van der Waals surface area contributed by atoms with Gasteiger partial charge < -0.3 is 10.5 Å². The molecule has 0 amide bonds. The van der Waals surface area contributed by atoms with E-state index in [1.807, 2.05) is 18.3 Å². The highest BCUT2D eigenvalue weighted by atomic mass is 79.9. The Labute approximate surface area is 95.8 Å². The molecule has 0 aliphatic carbocycles. The molecule has 0 saturated heterocycles. The summed E-state index contributed by atoms with van der Waals surface area (Å²) >= 11 is 3.34. The van der Waals surface area contributed by atoms with Crippen LogP contribution in [0.4, 0.5) is 5.69 Å². The minimum absolute atomic E-state index is 0.649. The minimum atomic E-state index is 0.649. The Hall–Kier alpha value is -1.49. The molecule has 0 aliphatic rings. The van der Waals surface area contributed by atoms with E-state index in [-0.39, 0.29) is 0 Å². The first-order valence-corrected chi connectivity index (χ1v) is 5.13. The number of anilines is 1. The third-order valence-corrected chi connectivity index (χ3v) is 2.37.